The van der Waals surface area contributed by atoms with Gasteiger partial charge in [-0.3, -0.25) is 4.98 Å². The lowest BCUT2D eigenvalue weighted by atomic mass is 9.85. The van der Waals surface area contributed by atoms with Crippen LogP contribution in [-0.2, 0) is 12.8 Å². The van der Waals surface area contributed by atoms with Crippen LogP contribution in [0.2, 0.25) is 5.02 Å². The summed E-state index contributed by atoms with van der Waals surface area (Å²) in [6.07, 6.45) is 6.07. The van der Waals surface area contributed by atoms with Crippen LogP contribution < -0.4 is 4.73 Å². The van der Waals surface area contributed by atoms with Crippen molar-refractivity contribution in [2.45, 2.75) is 18.8 Å². The van der Waals surface area contributed by atoms with Gasteiger partial charge in [0.1, 0.15) is 0 Å². The van der Waals surface area contributed by atoms with Crippen LogP contribution in [0.15, 0.2) is 55.0 Å². The normalized spacial score (nSPS) is 16.1. The average molecular weight is 339 g/mol. The molecule has 1 N–H and O–H groups in total. The molecule has 0 amide bonds. The zero-order chi connectivity index (χ0) is 16.7. The van der Waals surface area contributed by atoms with Gasteiger partial charge in [-0.15, -0.1) is 0 Å². The molecular weight excluding hydrogens is 324 g/mol. The molecule has 1 aliphatic carbocycles. The summed E-state index contributed by atoms with van der Waals surface area (Å²) >= 11 is 6.18. The van der Waals surface area contributed by atoms with Crippen molar-refractivity contribution in [3.05, 3.63) is 93.2 Å². The molecule has 0 bridgehead atoms. The molecule has 1 atom stereocenters. The fourth-order valence-corrected chi connectivity index (χ4v) is 3.64. The first-order valence-corrected chi connectivity index (χ1v) is 8.15. The van der Waals surface area contributed by atoms with Gasteiger partial charge in [0.15, 0.2) is 11.9 Å². The molecule has 4 rings (SSSR count). The van der Waals surface area contributed by atoms with Crippen molar-refractivity contribution in [3.63, 3.8) is 0 Å². The highest BCUT2D eigenvalue weighted by atomic mass is 35.5. The average Bonchev–Trinajstić information content (AvgIpc) is 2.72. The summed E-state index contributed by atoms with van der Waals surface area (Å²) in [5.41, 5.74) is 4.94. The molecule has 0 saturated carbocycles. The minimum atomic E-state index is -0.225. The molecule has 0 spiro atoms. The molecular formula is C19H15ClN2O2. The van der Waals surface area contributed by atoms with E-state index in [1.165, 1.54) is 12.4 Å². The van der Waals surface area contributed by atoms with Crippen LogP contribution in [0.5, 0.6) is 5.75 Å². The predicted octanol–water partition coefficient (Wildman–Crippen LogP) is 3.35. The van der Waals surface area contributed by atoms with Crippen molar-refractivity contribution < 1.29 is 9.84 Å². The van der Waals surface area contributed by atoms with Gasteiger partial charge in [0.2, 0.25) is 6.20 Å². The van der Waals surface area contributed by atoms with Gasteiger partial charge in [0, 0.05) is 22.8 Å². The molecule has 0 radical (unpaired) electrons. The first-order valence-electron chi connectivity index (χ1n) is 7.77. The minimum Gasteiger partial charge on any atom is -0.619 e. The maximum absolute atomic E-state index is 11.5. The molecule has 4 nitrogen and oxygen atoms in total. The third-order valence-corrected chi connectivity index (χ3v) is 4.77. The molecule has 5 heteroatoms. The Morgan fingerprint density at radius 3 is 2.79 bits per heavy atom. The fourth-order valence-electron chi connectivity index (χ4n) is 3.45. The van der Waals surface area contributed by atoms with E-state index in [1.807, 2.05) is 24.3 Å². The lowest BCUT2D eigenvalue weighted by Gasteiger charge is -2.20. The second kappa shape index (κ2) is 5.80. The van der Waals surface area contributed by atoms with E-state index in [0.717, 1.165) is 35.2 Å². The van der Waals surface area contributed by atoms with E-state index < -0.39 is 0 Å². The molecule has 24 heavy (non-hydrogen) atoms. The van der Waals surface area contributed by atoms with Crippen molar-refractivity contribution in [1.82, 2.24) is 4.98 Å². The third kappa shape index (κ3) is 2.49. The number of benzene rings is 1. The van der Waals surface area contributed by atoms with E-state index in [-0.39, 0.29) is 11.7 Å². The van der Waals surface area contributed by atoms with E-state index in [0.29, 0.717) is 15.3 Å². The zero-order valence-corrected chi connectivity index (χ0v) is 13.6. The molecule has 1 unspecified atom stereocenters. The van der Waals surface area contributed by atoms with Crippen molar-refractivity contribution in [1.29, 1.82) is 0 Å². The van der Waals surface area contributed by atoms with Crippen LogP contribution in [-0.4, -0.2) is 10.1 Å². The molecule has 2 aromatic heterocycles. The Balaban J connectivity index is 2.00. The van der Waals surface area contributed by atoms with Gasteiger partial charge in [0.25, 0.3) is 0 Å². The van der Waals surface area contributed by atoms with E-state index >= 15 is 0 Å². The summed E-state index contributed by atoms with van der Waals surface area (Å²) in [4.78, 5) is 4.59. The quantitative estimate of drug-likeness (QED) is 0.546. The number of halogens is 1. The van der Waals surface area contributed by atoms with Crippen LogP contribution in [0.3, 0.4) is 0 Å². The SMILES string of the molecule is [O-][n+]1ccc(C2c3ccc(Cl)cc3CCc3cccnc32)c(O)c1. The predicted molar refractivity (Wildman–Crippen MR) is 91.1 cm³/mol. The topological polar surface area (TPSA) is 60.1 Å². The Kier molecular flexibility index (Phi) is 3.62. The number of hydrogen-bond donors (Lipinski definition) is 1. The maximum atomic E-state index is 11.5. The van der Waals surface area contributed by atoms with E-state index in [2.05, 4.69) is 11.1 Å². The van der Waals surface area contributed by atoms with Crippen molar-refractivity contribution in [2.24, 2.45) is 0 Å². The second-order valence-corrected chi connectivity index (χ2v) is 6.41. The Labute approximate surface area is 144 Å². The van der Waals surface area contributed by atoms with E-state index in [9.17, 15) is 10.3 Å². The number of hydrogen-bond acceptors (Lipinski definition) is 3. The summed E-state index contributed by atoms with van der Waals surface area (Å²) < 4.78 is 0.595. The summed E-state index contributed by atoms with van der Waals surface area (Å²) in [6, 6.07) is 11.5. The molecule has 0 saturated heterocycles. The highest BCUT2D eigenvalue weighted by molar-refractivity contribution is 6.30. The summed E-state index contributed by atoms with van der Waals surface area (Å²) in [7, 11) is 0. The maximum Gasteiger partial charge on any atom is 0.222 e. The molecule has 1 aliphatic rings. The monoisotopic (exact) mass is 338 g/mol. The number of pyridine rings is 2. The number of aromatic nitrogens is 2. The van der Waals surface area contributed by atoms with E-state index in [4.69, 9.17) is 11.6 Å². The molecule has 2 heterocycles. The fraction of sp³-hybridized carbons (Fsp3) is 0.158. The smallest absolute Gasteiger partial charge is 0.222 e. The van der Waals surface area contributed by atoms with Gasteiger partial charge in [-0.05, 0) is 47.7 Å². The number of nitrogens with zero attached hydrogens (tertiary/aromatic N) is 2. The lowest BCUT2D eigenvalue weighted by Crippen LogP contribution is -2.24. The lowest BCUT2D eigenvalue weighted by molar-refractivity contribution is -0.605. The number of aromatic hydroxyl groups is 1. The van der Waals surface area contributed by atoms with Crippen LogP contribution in [0.25, 0.3) is 0 Å². The van der Waals surface area contributed by atoms with Gasteiger partial charge < -0.3 is 10.3 Å². The summed E-state index contributed by atoms with van der Waals surface area (Å²) in [5.74, 6) is -0.255. The number of rotatable bonds is 1. The van der Waals surface area contributed by atoms with Crippen molar-refractivity contribution in [2.75, 3.05) is 0 Å². The van der Waals surface area contributed by atoms with Crippen molar-refractivity contribution in [3.8, 4) is 5.75 Å². The third-order valence-electron chi connectivity index (χ3n) is 4.54. The molecule has 0 aliphatic heterocycles. The Morgan fingerprint density at radius 2 is 1.96 bits per heavy atom. The largest absolute Gasteiger partial charge is 0.619 e. The van der Waals surface area contributed by atoms with Crippen LogP contribution in [0.1, 0.15) is 33.9 Å². The van der Waals surface area contributed by atoms with Gasteiger partial charge >= 0.3 is 0 Å². The molecule has 3 aromatic rings. The summed E-state index contributed by atoms with van der Waals surface area (Å²) in [5, 5.41) is 22.5. The van der Waals surface area contributed by atoms with Gasteiger partial charge in [-0.2, -0.15) is 4.73 Å². The second-order valence-electron chi connectivity index (χ2n) is 5.97. The Hall–Kier alpha value is -2.59. The summed E-state index contributed by atoms with van der Waals surface area (Å²) in [6.45, 7) is 0. The Morgan fingerprint density at radius 1 is 1.12 bits per heavy atom. The first-order chi connectivity index (χ1) is 11.6. The van der Waals surface area contributed by atoms with Gasteiger partial charge in [-0.1, -0.05) is 23.7 Å². The van der Waals surface area contributed by atoms with Gasteiger partial charge in [0.05, 0.1) is 11.6 Å². The zero-order valence-electron chi connectivity index (χ0n) is 12.8. The highest BCUT2D eigenvalue weighted by Crippen LogP contribution is 2.41. The molecule has 0 fully saturated rings. The standard InChI is InChI=1S/C19H15ClN2O2/c20-14-5-6-15-13(10-14)4-3-12-2-1-8-21-19(12)18(15)16-7-9-22(24)11-17(16)23/h1-2,5-11,18,23H,3-4H2. The van der Waals surface area contributed by atoms with Gasteiger partial charge in [-0.25, -0.2) is 0 Å². The highest BCUT2D eigenvalue weighted by Gasteiger charge is 2.29. The van der Waals surface area contributed by atoms with Crippen LogP contribution in [0.4, 0.5) is 0 Å². The Bertz CT molecular complexity index is 927. The molecule has 1 aromatic carbocycles. The first kappa shape index (κ1) is 15.0. The van der Waals surface area contributed by atoms with Crippen LogP contribution in [0, 0.1) is 5.21 Å². The van der Waals surface area contributed by atoms with E-state index in [1.54, 1.807) is 12.3 Å². The van der Waals surface area contributed by atoms with Crippen LogP contribution >= 0.6 is 11.6 Å². The molecule has 120 valence electrons. The number of aryl methyl sites for hydroxylation is 2. The minimum absolute atomic E-state index is 0.0306. The number of fused-ring (bicyclic) bond motifs is 2. The van der Waals surface area contributed by atoms with Crippen molar-refractivity contribution >= 4 is 11.6 Å².